The normalized spacial score (nSPS) is 22.6. The Balaban J connectivity index is 2.28. The van der Waals surface area contributed by atoms with Crippen molar-refractivity contribution in [1.29, 1.82) is 5.26 Å². The van der Waals surface area contributed by atoms with E-state index in [1.54, 1.807) is 0 Å². The molecule has 0 radical (unpaired) electrons. The predicted molar refractivity (Wildman–Crippen MR) is 77.6 cm³/mol. The average Bonchev–Trinajstić information content (AvgIpc) is 2.33. The Labute approximate surface area is 117 Å². The van der Waals surface area contributed by atoms with Crippen LogP contribution in [0.4, 0.5) is 5.69 Å². The Hall–Kier alpha value is -1.05. The summed E-state index contributed by atoms with van der Waals surface area (Å²) >= 11 is 3.62. The summed E-state index contributed by atoms with van der Waals surface area (Å²) in [7, 11) is 0. The summed E-state index contributed by atoms with van der Waals surface area (Å²) in [5, 5.41) is 12.3. The highest BCUT2D eigenvalue weighted by Crippen LogP contribution is 2.32. The molecule has 1 aliphatic rings. The Morgan fingerprint density at radius 3 is 2.89 bits per heavy atom. The van der Waals surface area contributed by atoms with E-state index in [4.69, 9.17) is 5.26 Å². The van der Waals surface area contributed by atoms with E-state index >= 15 is 0 Å². The number of piperazine rings is 1. The first kappa shape index (κ1) is 13.4. The van der Waals surface area contributed by atoms with Crippen molar-refractivity contribution >= 4 is 21.6 Å². The minimum Gasteiger partial charge on any atom is -0.363 e. The van der Waals surface area contributed by atoms with E-state index in [0.717, 1.165) is 17.6 Å². The zero-order valence-electron chi connectivity index (χ0n) is 10.8. The van der Waals surface area contributed by atoms with Gasteiger partial charge < -0.3 is 10.2 Å². The third kappa shape index (κ3) is 2.68. The number of anilines is 1. The first-order valence-electron chi connectivity index (χ1n) is 6.17. The summed E-state index contributed by atoms with van der Waals surface area (Å²) in [4.78, 5) is 2.38. The molecule has 0 aliphatic carbocycles. The molecule has 0 aromatic heterocycles. The maximum absolute atomic E-state index is 8.84. The Morgan fingerprint density at radius 1 is 1.50 bits per heavy atom. The quantitative estimate of drug-likeness (QED) is 0.913. The van der Waals surface area contributed by atoms with Crippen molar-refractivity contribution < 1.29 is 0 Å². The molecule has 1 aromatic carbocycles. The largest absolute Gasteiger partial charge is 0.363 e. The SMILES string of the molecule is CC1(C)CNC(CC#N)CN1c1ccccc1Br. The van der Waals surface area contributed by atoms with Crippen LogP contribution >= 0.6 is 15.9 Å². The summed E-state index contributed by atoms with van der Waals surface area (Å²) in [6.45, 7) is 6.20. The van der Waals surface area contributed by atoms with Crippen molar-refractivity contribution in [3.05, 3.63) is 28.7 Å². The molecule has 1 atom stereocenters. The fraction of sp³-hybridized carbons (Fsp3) is 0.500. The minimum atomic E-state index is 0.0514. The zero-order chi connectivity index (χ0) is 13.2. The molecule has 4 heteroatoms. The Bertz CT molecular complexity index is 464. The maximum Gasteiger partial charge on any atom is 0.0638 e. The number of nitrogens with zero attached hydrogens (tertiary/aromatic N) is 2. The monoisotopic (exact) mass is 307 g/mol. The van der Waals surface area contributed by atoms with Crippen LogP contribution in [0, 0.1) is 11.3 Å². The second-order valence-electron chi connectivity index (χ2n) is 5.31. The molecule has 0 spiro atoms. The molecular weight excluding hydrogens is 290 g/mol. The molecule has 1 aliphatic heterocycles. The van der Waals surface area contributed by atoms with Gasteiger partial charge in [0.2, 0.25) is 0 Å². The van der Waals surface area contributed by atoms with Gasteiger partial charge in [-0.05, 0) is 41.9 Å². The molecule has 18 heavy (non-hydrogen) atoms. The average molecular weight is 308 g/mol. The third-order valence-corrected chi connectivity index (χ3v) is 4.11. The zero-order valence-corrected chi connectivity index (χ0v) is 12.4. The molecule has 0 saturated carbocycles. The number of halogens is 1. The topological polar surface area (TPSA) is 39.1 Å². The van der Waals surface area contributed by atoms with Gasteiger partial charge in [0.1, 0.15) is 0 Å². The fourth-order valence-corrected chi connectivity index (χ4v) is 2.86. The minimum absolute atomic E-state index is 0.0514. The standard InChI is InChI=1S/C14H18BrN3/c1-14(2)10-17-11(7-8-16)9-18(14)13-6-4-3-5-12(13)15/h3-6,11,17H,7,9-10H2,1-2H3. The molecular formula is C14H18BrN3. The van der Waals surface area contributed by atoms with Crippen molar-refractivity contribution in [3.63, 3.8) is 0 Å². The molecule has 0 bridgehead atoms. The highest BCUT2D eigenvalue weighted by Gasteiger charge is 2.34. The first-order chi connectivity index (χ1) is 8.54. The molecule has 3 nitrogen and oxygen atoms in total. The van der Waals surface area contributed by atoms with E-state index in [0.29, 0.717) is 6.42 Å². The molecule has 2 rings (SSSR count). The first-order valence-corrected chi connectivity index (χ1v) is 6.96. The van der Waals surface area contributed by atoms with E-state index in [1.807, 2.05) is 6.07 Å². The molecule has 1 heterocycles. The Kier molecular flexibility index (Phi) is 3.94. The van der Waals surface area contributed by atoms with Gasteiger partial charge in [-0.1, -0.05) is 12.1 Å². The molecule has 1 aromatic rings. The summed E-state index contributed by atoms with van der Waals surface area (Å²) in [6, 6.07) is 10.8. The van der Waals surface area contributed by atoms with E-state index in [9.17, 15) is 0 Å². The van der Waals surface area contributed by atoms with Crippen LogP contribution in [0.3, 0.4) is 0 Å². The van der Waals surface area contributed by atoms with Crippen molar-refractivity contribution in [2.24, 2.45) is 0 Å². The number of hydrogen-bond acceptors (Lipinski definition) is 3. The van der Waals surface area contributed by atoms with E-state index in [-0.39, 0.29) is 11.6 Å². The molecule has 1 saturated heterocycles. The van der Waals surface area contributed by atoms with Crippen LogP contribution < -0.4 is 10.2 Å². The lowest BCUT2D eigenvalue weighted by atomic mass is 9.95. The van der Waals surface area contributed by atoms with E-state index in [2.05, 4.69) is 64.3 Å². The molecule has 1 fully saturated rings. The van der Waals surface area contributed by atoms with E-state index < -0.39 is 0 Å². The van der Waals surface area contributed by atoms with Gasteiger partial charge in [0, 0.05) is 29.1 Å². The fourth-order valence-electron chi connectivity index (χ4n) is 2.36. The summed E-state index contributed by atoms with van der Waals surface area (Å²) < 4.78 is 1.11. The number of benzene rings is 1. The molecule has 1 N–H and O–H groups in total. The lowest BCUT2D eigenvalue weighted by molar-refractivity contribution is 0.324. The maximum atomic E-state index is 8.84. The third-order valence-electron chi connectivity index (χ3n) is 3.44. The van der Waals surface area contributed by atoms with Crippen LogP contribution in [0.1, 0.15) is 20.3 Å². The lowest BCUT2D eigenvalue weighted by Gasteiger charge is -2.47. The number of nitriles is 1. The van der Waals surface area contributed by atoms with Crippen LogP contribution in [0.15, 0.2) is 28.7 Å². The highest BCUT2D eigenvalue weighted by atomic mass is 79.9. The van der Waals surface area contributed by atoms with Crippen LogP contribution in [-0.4, -0.2) is 24.7 Å². The summed E-state index contributed by atoms with van der Waals surface area (Å²) in [6.07, 6.45) is 0.553. The van der Waals surface area contributed by atoms with Gasteiger partial charge in [-0.3, -0.25) is 0 Å². The van der Waals surface area contributed by atoms with Crippen LogP contribution in [0.2, 0.25) is 0 Å². The van der Waals surface area contributed by atoms with Gasteiger partial charge in [0.15, 0.2) is 0 Å². The van der Waals surface area contributed by atoms with Crippen LogP contribution in [0.5, 0.6) is 0 Å². The molecule has 96 valence electrons. The number of rotatable bonds is 2. The second kappa shape index (κ2) is 5.29. The van der Waals surface area contributed by atoms with Crippen molar-refractivity contribution in [3.8, 4) is 6.07 Å². The summed E-state index contributed by atoms with van der Waals surface area (Å²) in [5.74, 6) is 0. The van der Waals surface area contributed by atoms with Crippen molar-refractivity contribution in [1.82, 2.24) is 5.32 Å². The predicted octanol–water partition coefficient (Wildman–Crippen LogP) is 2.92. The lowest BCUT2D eigenvalue weighted by Crippen LogP contribution is -2.62. The van der Waals surface area contributed by atoms with E-state index in [1.165, 1.54) is 5.69 Å². The van der Waals surface area contributed by atoms with Crippen LogP contribution in [-0.2, 0) is 0 Å². The van der Waals surface area contributed by atoms with Gasteiger partial charge in [0.25, 0.3) is 0 Å². The number of para-hydroxylation sites is 1. The summed E-state index contributed by atoms with van der Waals surface area (Å²) in [5.41, 5.74) is 1.25. The van der Waals surface area contributed by atoms with Crippen molar-refractivity contribution in [2.75, 3.05) is 18.0 Å². The highest BCUT2D eigenvalue weighted by molar-refractivity contribution is 9.10. The Morgan fingerprint density at radius 2 is 2.22 bits per heavy atom. The van der Waals surface area contributed by atoms with Gasteiger partial charge in [0.05, 0.1) is 18.2 Å². The smallest absolute Gasteiger partial charge is 0.0638 e. The number of hydrogen-bond donors (Lipinski definition) is 1. The van der Waals surface area contributed by atoms with Gasteiger partial charge in [-0.2, -0.15) is 5.26 Å². The molecule has 1 unspecified atom stereocenters. The van der Waals surface area contributed by atoms with Gasteiger partial charge in [-0.15, -0.1) is 0 Å². The van der Waals surface area contributed by atoms with Gasteiger partial charge >= 0.3 is 0 Å². The number of nitrogens with one attached hydrogen (secondary N) is 1. The van der Waals surface area contributed by atoms with Crippen molar-refractivity contribution in [2.45, 2.75) is 31.8 Å². The second-order valence-corrected chi connectivity index (χ2v) is 6.17. The van der Waals surface area contributed by atoms with Gasteiger partial charge in [-0.25, -0.2) is 0 Å². The van der Waals surface area contributed by atoms with Crippen LogP contribution in [0.25, 0.3) is 0 Å². The molecule has 0 amide bonds.